The molecule has 1 aliphatic rings. The number of nitrogens with zero attached hydrogens (tertiary/aromatic N) is 1. The van der Waals surface area contributed by atoms with E-state index in [0.717, 1.165) is 22.7 Å². The summed E-state index contributed by atoms with van der Waals surface area (Å²) in [6.45, 7) is 2.02. The first-order valence-corrected chi connectivity index (χ1v) is 10.1. The molecule has 2 amide bonds. The maximum Gasteiger partial charge on any atom is 0.421 e. The van der Waals surface area contributed by atoms with Crippen LogP contribution in [0.5, 0.6) is 0 Å². The van der Waals surface area contributed by atoms with Crippen LogP contribution in [-0.4, -0.2) is 31.4 Å². The van der Waals surface area contributed by atoms with Crippen LogP contribution in [0.15, 0.2) is 41.3 Å². The summed E-state index contributed by atoms with van der Waals surface area (Å²) in [7, 11) is 0. The third kappa shape index (κ3) is 4.05. The highest BCUT2D eigenvalue weighted by Gasteiger charge is 2.40. The molecule has 0 radical (unpaired) electrons. The summed E-state index contributed by atoms with van der Waals surface area (Å²) in [5.41, 5.74) is -0.0735. The number of imide groups is 1. The van der Waals surface area contributed by atoms with Crippen LogP contribution < -0.4 is 10.2 Å². The van der Waals surface area contributed by atoms with Crippen molar-refractivity contribution in [3.63, 3.8) is 0 Å². The third-order valence-corrected chi connectivity index (χ3v) is 5.30. The van der Waals surface area contributed by atoms with Gasteiger partial charge in [-0.25, -0.2) is 9.69 Å². The van der Waals surface area contributed by atoms with Crippen LogP contribution in [-0.2, 0) is 17.3 Å². The Morgan fingerprint density at radius 2 is 1.93 bits per heavy atom. The molecule has 0 fully saturated rings. The minimum Gasteiger partial charge on any atom is -0.449 e. The standard InChI is InChI=1S/C20H19F3N2O3S/c1-3-28-19(27)25(12-7-5-4-6-8-12)18(26)16-13-9-10-24-15(13)11-14(17(16)29-2)20(21,22)23/h4-8,11,24H,3,9-10H2,1-2H3. The van der Waals surface area contributed by atoms with Gasteiger partial charge in [0, 0.05) is 17.1 Å². The number of carbonyl (C=O) groups excluding carboxylic acids is 2. The predicted molar refractivity (Wildman–Crippen MR) is 106 cm³/mol. The molecule has 0 aromatic heterocycles. The van der Waals surface area contributed by atoms with E-state index in [1.54, 1.807) is 25.1 Å². The Morgan fingerprint density at radius 1 is 1.24 bits per heavy atom. The molecule has 1 aliphatic heterocycles. The zero-order chi connectivity index (χ0) is 21.2. The van der Waals surface area contributed by atoms with Gasteiger partial charge in [0.1, 0.15) is 0 Å². The van der Waals surface area contributed by atoms with Crippen molar-refractivity contribution in [3.05, 3.63) is 53.1 Å². The van der Waals surface area contributed by atoms with E-state index in [2.05, 4.69) is 5.32 Å². The van der Waals surface area contributed by atoms with Gasteiger partial charge in [-0.15, -0.1) is 11.8 Å². The molecule has 0 spiro atoms. The lowest BCUT2D eigenvalue weighted by Gasteiger charge is -2.24. The number of alkyl halides is 3. The molecule has 9 heteroatoms. The fourth-order valence-electron chi connectivity index (χ4n) is 3.27. The first kappa shape index (κ1) is 21.0. The Kier molecular flexibility index (Phi) is 6.07. The highest BCUT2D eigenvalue weighted by atomic mass is 32.2. The van der Waals surface area contributed by atoms with E-state index in [1.165, 1.54) is 18.4 Å². The average Bonchev–Trinajstić information content (AvgIpc) is 3.15. The number of thioether (sulfide) groups is 1. The van der Waals surface area contributed by atoms with Crippen molar-refractivity contribution >= 4 is 35.1 Å². The zero-order valence-corrected chi connectivity index (χ0v) is 16.6. The maximum absolute atomic E-state index is 13.7. The number of hydrogen-bond acceptors (Lipinski definition) is 5. The van der Waals surface area contributed by atoms with Gasteiger partial charge in [-0.1, -0.05) is 18.2 Å². The normalized spacial score (nSPS) is 12.9. The number of fused-ring (bicyclic) bond motifs is 1. The molecule has 0 bridgehead atoms. The Morgan fingerprint density at radius 3 is 2.52 bits per heavy atom. The van der Waals surface area contributed by atoms with E-state index in [4.69, 9.17) is 4.74 Å². The second-order valence-electron chi connectivity index (χ2n) is 6.21. The Labute approximate surface area is 170 Å². The Bertz CT molecular complexity index is 933. The highest BCUT2D eigenvalue weighted by molar-refractivity contribution is 7.98. The van der Waals surface area contributed by atoms with Gasteiger partial charge in [-0.3, -0.25) is 4.79 Å². The molecular formula is C20H19F3N2O3S. The van der Waals surface area contributed by atoms with Crippen molar-refractivity contribution in [3.8, 4) is 0 Å². The van der Waals surface area contributed by atoms with Gasteiger partial charge in [0.25, 0.3) is 5.91 Å². The molecule has 154 valence electrons. The first-order chi connectivity index (χ1) is 13.8. The van der Waals surface area contributed by atoms with E-state index in [-0.39, 0.29) is 28.4 Å². The quantitative estimate of drug-likeness (QED) is 0.684. The third-order valence-electron chi connectivity index (χ3n) is 4.47. The number of amides is 2. The minimum absolute atomic E-state index is 0.0209. The molecule has 1 N–H and O–H groups in total. The topological polar surface area (TPSA) is 58.6 Å². The van der Waals surface area contributed by atoms with Crippen molar-refractivity contribution in [1.29, 1.82) is 0 Å². The molecule has 1 heterocycles. The van der Waals surface area contributed by atoms with Crippen LogP contribution in [0.3, 0.4) is 0 Å². The molecule has 3 rings (SSSR count). The summed E-state index contributed by atoms with van der Waals surface area (Å²) in [5.74, 6) is -0.843. The molecule has 2 aromatic carbocycles. The molecule has 29 heavy (non-hydrogen) atoms. The summed E-state index contributed by atoms with van der Waals surface area (Å²) in [4.78, 5) is 26.7. The number of para-hydroxylation sites is 1. The number of benzene rings is 2. The molecule has 0 saturated heterocycles. The second kappa shape index (κ2) is 8.36. The minimum atomic E-state index is -4.64. The van der Waals surface area contributed by atoms with Crippen molar-refractivity contribution in [2.24, 2.45) is 0 Å². The molecular weight excluding hydrogens is 405 g/mol. The van der Waals surface area contributed by atoms with Crippen molar-refractivity contribution < 1.29 is 27.5 Å². The Hall–Kier alpha value is -2.68. The van der Waals surface area contributed by atoms with Gasteiger partial charge in [0.15, 0.2) is 0 Å². The van der Waals surface area contributed by atoms with E-state index in [0.29, 0.717) is 18.5 Å². The summed E-state index contributed by atoms with van der Waals surface area (Å²) in [5, 5.41) is 2.90. The lowest BCUT2D eigenvalue weighted by Crippen LogP contribution is -2.38. The lowest BCUT2D eigenvalue weighted by molar-refractivity contribution is -0.139. The summed E-state index contributed by atoms with van der Waals surface area (Å²) < 4.78 is 46.1. The van der Waals surface area contributed by atoms with Crippen molar-refractivity contribution in [2.75, 3.05) is 29.6 Å². The highest BCUT2D eigenvalue weighted by Crippen LogP contribution is 2.44. The first-order valence-electron chi connectivity index (χ1n) is 8.90. The molecule has 5 nitrogen and oxygen atoms in total. The molecule has 0 aliphatic carbocycles. The fourth-order valence-corrected chi connectivity index (χ4v) is 4.08. The van der Waals surface area contributed by atoms with Crippen molar-refractivity contribution in [2.45, 2.75) is 24.4 Å². The van der Waals surface area contributed by atoms with Crippen LogP contribution in [0.25, 0.3) is 0 Å². The van der Waals surface area contributed by atoms with Crippen molar-refractivity contribution in [1.82, 2.24) is 0 Å². The molecule has 0 unspecified atom stereocenters. The van der Waals surface area contributed by atoms with Gasteiger partial charge in [-0.05, 0) is 43.4 Å². The fraction of sp³-hybridized carbons (Fsp3) is 0.300. The van der Waals surface area contributed by atoms with Crippen LogP contribution in [0.1, 0.15) is 28.4 Å². The van der Waals surface area contributed by atoms with Crippen LogP contribution >= 0.6 is 11.8 Å². The SMILES string of the molecule is CCOC(=O)N(C(=O)c1c2c(cc(C(F)(F)F)c1SC)NCC2)c1ccccc1. The largest absolute Gasteiger partial charge is 0.449 e. The maximum atomic E-state index is 13.7. The lowest BCUT2D eigenvalue weighted by atomic mass is 9.99. The summed E-state index contributed by atoms with van der Waals surface area (Å²) in [6.07, 6.45) is -3.72. The van der Waals surface area contributed by atoms with Crippen LogP contribution in [0.2, 0.25) is 0 Å². The number of nitrogens with one attached hydrogen (secondary N) is 1. The molecule has 0 saturated carbocycles. The number of rotatable bonds is 4. The number of anilines is 2. The van der Waals surface area contributed by atoms with E-state index in [9.17, 15) is 22.8 Å². The number of halogens is 3. The zero-order valence-electron chi connectivity index (χ0n) is 15.8. The monoisotopic (exact) mass is 424 g/mol. The summed E-state index contributed by atoms with van der Waals surface area (Å²) >= 11 is 0.834. The van der Waals surface area contributed by atoms with Gasteiger partial charge < -0.3 is 10.1 Å². The van der Waals surface area contributed by atoms with Crippen LogP contribution in [0, 0.1) is 0 Å². The average molecular weight is 424 g/mol. The summed E-state index contributed by atoms with van der Waals surface area (Å²) in [6, 6.07) is 9.04. The van der Waals surface area contributed by atoms with Gasteiger partial charge >= 0.3 is 12.3 Å². The van der Waals surface area contributed by atoms with Gasteiger partial charge in [0.05, 0.1) is 23.4 Å². The molecule has 2 aromatic rings. The number of ether oxygens (including phenoxy) is 1. The smallest absolute Gasteiger partial charge is 0.421 e. The molecule has 0 atom stereocenters. The van der Waals surface area contributed by atoms with E-state index in [1.807, 2.05) is 0 Å². The van der Waals surface area contributed by atoms with Crippen LogP contribution in [0.4, 0.5) is 29.3 Å². The van der Waals surface area contributed by atoms with E-state index < -0.39 is 23.7 Å². The van der Waals surface area contributed by atoms with Gasteiger partial charge in [0.2, 0.25) is 0 Å². The number of carbonyl (C=O) groups is 2. The van der Waals surface area contributed by atoms with Gasteiger partial charge in [-0.2, -0.15) is 13.2 Å². The predicted octanol–water partition coefficient (Wildman–Crippen LogP) is 5.20. The Balaban J connectivity index is 2.23. The van der Waals surface area contributed by atoms with E-state index >= 15 is 0 Å². The second-order valence-corrected chi connectivity index (χ2v) is 7.02. The number of hydrogen-bond donors (Lipinski definition) is 1.